The van der Waals surface area contributed by atoms with Gasteiger partial charge in [0.15, 0.2) is 0 Å². The third-order valence-electron chi connectivity index (χ3n) is 2.73. The number of carboxylic acid groups (broad SMARTS) is 1. The van der Waals surface area contributed by atoms with Crippen LogP contribution in [0.2, 0.25) is 0 Å². The first kappa shape index (κ1) is 10.5. The van der Waals surface area contributed by atoms with Gasteiger partial charge < -0.3 is 10.2 Å². The van der Waals surface area contributed by atoms with E-state index in [1.54, 1.807) is 19.1 Å². The quantitative estimate of drug-likeness (QED) is 0.811. The van der Waals surface area contributed by atoms with Crippen LogP contribution in [0.3, 0.4) is 0 Å². The number of aromatic hydroxyl groups is 1. The SMILES string of the molecule is CC(C(=O)O)c1cc2ccccc2cc1O. The van der Waals surface area contributed by atoms with E-state index < -0.39 is 11.9 Å². The molecule has 1 unspecified atom stereocenters. The molecule has 0 aliphatic carbocycles. The molecule has 2 aromatic carbocycles. The van der Waals surface area contributed by atoms with Crippen molar-refractivity contribution in [3.63, 3.8) is 0 Å². The van der Waals surface area contributed by atoms with Gasteiger partial charge in [0, 0.05) is 5.56 Å². The molecule has 0 heterocycles. The molecule has 82 valence electrons. The molecule has 3 heteroatoms. The van der Waals surface area contributed by atoms with Gasteiger partial charge in [-0.3, -0.25) is 4.79 Å². The second-order valence-electron chi connectivity index (χ2n) is 3.82. The Hall–Kier alpha value is -2.03. The number of rotatable bonds is 2. The summed E-state index contributed by atoms with van der Waals surface area (Å²) in [6.07, 6.45) is 0. The predicted molar refractivity (Wildman–Crippen MR) is 61.7 cm³/mol. The normalized spacial score (nSPS) is 12.6. The van der Waals surface area contributed by atoms with Crippen molar-refractivity contribution in [2.24, 2.45) is 0 Å². The summed E-state index contributed by atoms with van der Waals surface area (Å²) in [7, 11) is 0. The highest BCUT2D eigenvalue weighted by Crippen LogP contribution is 2.30. The van der Waals surface area contributed by atoms with E-state index in [4.69, 9.17) is 5.11 Å². The molecular weight excluding hydrogens is 204 g/mol. The zero-order valence-electron chi connectivity index (χ0n) is 8.84. The first-order chi connectivity index (χ1) is 7.59. The summed E-state index contributed by atoms with van der Waals surface area (Å²) in [4.78, 5) is 10.9. The Bertz CT molecular complexity index is 546. The Morgan fingerprint density at radius 3 is 2.31 bits per heavy atom. The van der Waals surface area contributed by atoms with Gasteiger partial charge in [0.05, 0.1) is 5.92 Å². The van der Waals surface area contributed by atoms with Crippen LogP contribution in [0.25, 0.3) is 10.8 Å². The molecule has 1 atom stereocenters. The monoisotopic (exact) mass is 216 g/mol. The second-order valence-corrected chi connectivity index (χ2v) is 3.82. The van der Waals surface area contributed by atoms with Crippen molar-refractivity contribution < 1.29 is 15.0 Å². The number of carbonyl (C=O) groups is 1. The molecule has 0 bridgehead atoms. The van der Waals surface area contributed by atoms with E-state index in [-0.39, 0.29) is 5.75 Å². The fraction of sp³-hybridized carbons (Fsp3) is 0.154. The zero-order chi connectivity index (χ0) is 11.7. The lowest BCUT2D eigenvalue weighted by atomic mass is 9.97. The van der Waals surface area contributed by atoms with Gasteiger partial charge in [-0.05, 0) is 29.8 Å². The van der Waals surface area contributed by atoms with Gasteiger partial charge in [-0.15, -0.1) is 0 Å². The maximum absolute atomic E-state index is 10.9. The predicted octanol–water partition coefficient (Wildman–Crippen LogP) is 2.73. The van der Waals surface area contributed by atoms with Crippen molar-refractivity contribution in [3.8, 4) is 5.75 Å². The summed E-state index contributed by atoms with van der Waals surface area (Å²) in [6, 6.07) is 10.9. The Morgan fingerprint density at radius 1 is 1.19 bits per heavy atom. The van der Waals surface area contributed by atoms with Crippen LogP contribution in [0.15, 0.2) is 36.4 Å². The highest BCUT2D eigenvalue weighted by Gasteiger charge is 2.17. The number of hydrogen-bond acceptors (Lipinski definition) is 2. The second kappa shape index (κ2) is 3.85. The van der Waals surface area contributed by atoms with Crippen molar-refractivity contribution in [3.05, 3.63) is 42.0 Å². The molecule has 0 aliphatic heterocycles. The first-order valence-electron chi connectivity index (χ1n) is 5.04. The Balaban J connectivity index is 2.62. The summed E-state index contributed by atoms with van der Waals surface area (Å²) in [6.45, 7) is 1.56. The molecular formula is C13H12O3. The van der Waals surface area contributed by atoms with Gasteiger partial charge in [-0.25, -0.2) is 0 Å². The molecule has 2 aromatic rings. The summed E-state index contributed by atoms with van der Waals surface area (Å²) >= 11 is 0. The Kier molecular flexibility index (Phi) is 2.52. The van der Waals surface area contributed by atoms with Crippen LogP contribution in [0.5, 0.6) is 5.75 Å². The zero-order valence-corrected chi connectivity index (χ0v) is 8.84. The van der Waals surface area contributed by atoms with E-state index in [0.717, 1.165) is 10.8 Å². The minimum atomic E-state index is -0.939. The molecule has 0 radical (unpaired) electrons. The Labute approximate surface area is 93.0 Å². The number of carboxylic acids is 1. The summed E-state index contributed by atoms with van der Waals surface area (Å²) in [5.41, 5.74) is 0.450. The standard InChI is InChI=1S/C13H12O3/c1-8(13(15)16)11-6-9-4-2-3-5-10(9)7-12(11)14/h2-8,14H,1H3,(H,15,16). The van der Waals surface area contributed by atoms with E-state index in [0.29, 0.717) is 5.56 Å². The third kappa shape index (κ3) is 1.72. The summed E-state index contributed by atoms with van der Waals surface area (Å²) in [5.74, 6) is -1.61. The highest BCUT2D eigenvalue weighted by atomic mass is 16.4. The van der Waals surface area contributed by atoms with Crippen LogP contribution in [-0.2, 0) is 4.79 Å². The maximum atomic E-state index is 10.9. The molecule has 16 heavy (non-hydrogen) atoms. The number of fused-ring (bicyclic) bond motifs is 1. The Morgan fingerprint density at radius 2 is 1.75 bits per heavy atom. The maximum Gasteiger partial charge on any atom is 0.310 e. The van der Waals surface area contributed by atoms with E-state index in [1.807, 2.05) is 24.3 Å². The van der Waals surface area contributed by atoms with Crippen molar-refractivity contribution in [1.82, 2.24) is 0 Å². The smallest absolute Gasteiger partial charge is 0.310 e. The lowest BCUT2D eigenvalue weighted by Crippen LogP contribution is -2.07. The molecule has 0 fully saturated rings. The summed E-state index contributed by atoms with van der Waals surface area (Å²) < 4.78 is 0. The van der Waals surface area contributed by atoms with Crippen molar-refractivity contribution in [2.75, 3.05) is 0 Å². The van der Waals surface area contributed by atoms with Crippen LogP contribution >= 0.6 is 0 Å². The molecule has 0 spiro atoms. The number of aliphatic carboxylic acids is 1. The molecule has 2 rings (SSSR count). The number of hydrogen-bond donors (Lipinski definition) is 2. The number of phenols is 1. The molecule has 0 amide bonds. The van der Waals surface area contributed by atoms with Crippen LogP contribution < -0.4 is 0 Å². The van der Waals surface area contributed by atoms with Crippen LogP contribution in [0, 0.1) is 0 Å². The van der Waals surface area contributed by atoms with E-state index in [1.165, 1.54) is 0 Å². The van der Waals surface area contributed by atoms with Gasteiger partial charge in [0.1, 0.15) is 5.75 Å². The largest absolute Gasteiger partial charge is 0.508 e. The van der Waals surface area contributed by atoms with Gasteiger partial charge in [-0.1, -0.05) is 24.3 Å². The van der Waals surface area contributed by atoms with Crippen molar-refractivity contribution in [2.45, 2.75) is 12.8 Å². The van der Waals surface area contributed by atoms with Crippen LogP contribution in [-0.4, -0.2) is 16.2 Å². The number of phenolic OH excluding ortho intramolecular Hbond substituents is 1. The molecule has 0 aliphatic rings. The van der Waals surface area contributed by atoms with Gasteiger partial charge in [0.25, 0.3) is 0 Å². The van der Waals surface area contributed by atoms with E-state index in [2.05, 4.69) is 0 Å². The average molecular weight is 216 g/mol. The summed E-state index contributed by atoms with van der Waals surface area (Å²) in [5, 5.41) is 20.5. The number of benzene rings is 2. The van der Waals surface area contributed by atoms with Crippen molar-refractivity contribution in [1.29, 1.82) is 0 Å². The lowest BCUT2D eigenvalue weighted by molar-refractivity contribution is -0.138. The van der Waals surface area contributed by atoms with Crippen molar-refractivity contribution >= 4 is 16.7 Å². The van der Waals surface area contributed by atoms with E-state index in [9.17, 15) is 9.90 Å². The third-order valence-corrected chi connectivity index (χ3v) is 2.73. The van der Waals surface area contributed by atoms with Crippen LogP contribution in [0.1, 0.15) is 18.4 Å². The fourth-order valence-corrected chi connectivity index (χ4v) is 1.73. The molecule has 0 aromatic heterocycles. The van der Waals surface area contributed by atoms with E-state index >= 15 is 0 Å². The molecule has 0 saturated heterocycles. The minimum absolute atomic E-state index is 0.0357. The van der Waals surface area contributed by atoms with Gasteiger partial charge >= 0.3 is 5.97 Å². The van der Waals surface area contributed by atoms with Crippen LogP contribution in [0.4, 0.5) is 0 Å². The lowest BCUT2D eigenvalue weighted by Gasteiger charge is -2.10. The molecule has 0 saturated carbocycles. The minimum Gasteiger partial charge on any atom is -0.508 e. The average Bonchev–Trinajstić information content (AvgIpc) is 2.27. The highest BCUT2D eigenvalue weighted by molar-refractivity contribution is 5.87. The van der Waals surface area contributed by atoms with Gasteiger partial charge in [-0.2, -0.15) is 0 Å². The topological polar surface area (TPSA) is 57.5 Å². The molecule has 2 N–H and O–H groups in total. The molecule has 3 nitrogen and oxygen atoms in total. The van der Waals surface area contributed by atoms with Gasteiger partial charge in [0.2, 0.25) is 0 Å². The first-order valence-corrected chi connectivity index (χ1v) is 5.04. The fourth-order valence-electron chi connectivity index (χ4n) is 1.73.